The molecule has 7 heteroatoms. The first-order valence-corrected chi connectivity index (χ1v) is 10.0. The first kappa shape index (κ1) is 18.4. The minimum absolute atomic E-state index is 0.00893. The number of phenols is 1. The summed E-state index contributed by atoms with van der Waals surface area (Å²) in [6, 6.07) is 13.1. The average Bonchev–Trinajstić information content (AvgIpc) is 3.43. The Morgan fingerprint density at radius 1 is 0.967 bits per heavy atom. The molecule has 30 heavy (non-hydrogen) atoms. The maximum absolute atomic E-state index is 12.9. The van der Waals surface area contributed by atoms with Gasteiger partial charge in [-0.2, -0.15) is 0 Å². The standard InChI is InChI=1S/C23H21N3O4/c27-18-4-2-1-3-17(18)25-23(30)24-12-13-5-9-16(10-6-13)26-21(28)19-14-7-8-15(11-14)20(19)22(26)29/h1-10,14-15,19-20,27H,11-12H2,(H2,24,25,30). The molecule has 2 aromatic rings. The molecule has 152 valence electrons. The van der Waals surface area contributed by atoms with Crippen LogP contribution in [0.25, 0.3) is 0 Å². The van der Waals surface area contributed by atoms with E-state index in [1.807, 2.05) is 0 Å². The number of rotatable bonds is 4. The molecule has 0 aromatic heterocycles. The summed E-state index contributed by atoms with van der Waals surface area (Å²) in [5.41, 5.74) is 1.72. The molecule has 2 aliphatic carbocycles. The van der Waals surface area contributed by atoms with Crippen LogP contribution in [0.4, 0.5) is 16.2 Å². The highest BCUT2D eigenvalue weighted by molar-refractivity contribution is 6.22. The van der Waals surface area contributed by atoms with Gasteiger partial charge in [0.25, 0.3) is 0 Å². The molecule has 0 spiro atoms. The zero-order valence-corrected chi connectivity index (χ0v) is 16.1. The minimum atomic E-state index is -0.443. The van der Waals surface area contributed by atoms with E-state index in [0.29, 0.717) is 11.4 Å². The Hall–Kier alpha value is -3.61. The fraction of sp³-hybridized carbons (Fsp3) is 0.261. The van der Waals surface area contributed by atoms with Gasteiger partial charge in [0.15, 0.2) is 0 Å². The Bertz CT molecular complexity index is 1030. The lowest BCUT2D eigenvalue weighted by molar-refractivity contribution is -0.123. The van der Waals surface area contributed by atoms with Crippen LogP contribution in [0, 0.1) is 23.7 Å². The number of anilines is 2. The van der Waals surface area contributed by atoms with Gasteiger partial charge in [0, 0.05) is 6.54 Å². The predicted molar refractivity (Wildman–Crippen MR) is 111 cm³/mol. The Morgan fingerprint density at radius 2 is 1.60 bits per heavy atom. The Morgan fingerprint density at radius 3 is 2.23 bits per heavy atom. The van der Waals surface area contributed by atoms with Gasteiger partial charge in [-0.25, -0.2) is 4.79 Å². The summed E-state index contributed by atoms with van der Waals surface area (Å²) in [4.78, 5) is 39.1. The number of urea groups is 1. The van der Waals surface area contributed by atoms with Gasteiger partial charge in [-0.15, -0.1) is 0 Å². The number of carbonyl (C=O) groups is 3. The summed E-state index contributed by atoms with van der Waals surface area (Å²) >= 11 is 0. The highest BCUT2D eigenvalue weighted by Gasteiger charge is 2.59. The van der Waals surface area contributed by atoms with E-state index in [2.05, 4.69) is 22.8 Å². The number of nitrogens with one attached hydrogen (secondary N) is 2. The van der Waals surface area contributed by atoms with Crippen molar-refractivity contribution in [2.24, 2.45) is 23.7 Å². The number of benzene rings is 2. The molecule has 4 amide bonds. The molecule has 4 unspecified atom stereocenters. The molecule has 1 saturated carbocycles. The van der Waals surface area contributed by atoms with Crippen LogP contribution in [0.3, 0.4) is 0 Å². The second-order valence-corrected chi connectivity index (χ2v) is 8.00. The molecule has 3 N–H and O–H groups in total. The Balaban J connectivity index is 1.22. The van der Waals surface area contributed by atoms with E-state index in [4.69, 9.17) is 0 Å². The number of para-hydroxylation sites is 2. The largest absolute Gasteiger partial charge is 0.506 e. The lowest BCUT2D eigenvalue weighted by atomic mass is 9.85. The summed E-state index contributed by atoms with van der Waals surface area (Å²) < 4.78 is 0. The lowest BCUT2D eigenvalue weighted by Gasteiger charge is -2.17. The maximum atomic E-state index is 12.9. The number of aromatic hydroxyl groups is 1. The number of hydrogen-bond donors (Lipinski definition) is 3. The number of fused-ring (bicyclic) bond motifs is 5. The number of hydrogen-bond acceptors (Lipinski definition) is 4. The first-order valence-electron chi connectivity index (χ1n) is 10.0. The van der Waals surface area contributed by atoms with Gasteiger partial charge in [-0.1, -0.05) is 36.4 Å². The van der Waals surface area contributed by atoms with Crippen LogP contribution < -0.4 is 15.5 Å². The third-order valence-electron chi connectivity index (χ3n) is 6.27. The Kier molecular flexibility index (Phi) is 4.31. The SMILES string of the molecule is O=C(NCc1ccc(N2C(=O)C3C4C=CC(C4)C3C2=O)cc1)Nc1ccccc1O. The second-order valence-electron chi connectivity index (χ2n) is 8.00. The molecule has 7 nitrogen and oxygen atoms in total. The van der Waals surface area contributed by atoms with Crippen LogP contribution >= 0.6 is 0 Å². The van der Waals surface area contributed by atoms with Crippen molar-refractivity contribution in [1.82, 2.24) is 5.32 Å². The van der Waals surface area contributed by atoms with Crippen LogP contribution in [0.1, 0.15) is 12.0 Å². The van der Waals surface area contributed by atoms with Gasteiger partial charge >= 0.3 is 6.03 Å². The van der Waals surface area contributed by atoms with Gasteiger partial charge in [0.2, 0.25) is 11.8 Å². The minimum Gasteiger partial charge on any atom is -0.506 e. The zero-order valence-electron chi connectivity index (χ0n) is 16.1. The van der Waals surface area contributed by atoms with Gasteiger partial charge in [0.05, 0.1) is 23.2 Å². The smallest absolute Gasteiger partial charge is 0.319 e. The van der Waals surface area contributed by atoms with Gasteiger partial charge in [-0.3, -0.25) is 14.5 Å². The van der Waals surface area contributed by atoms with E-state index in [9.17, 15) is 19.5 Å². The van der Waals surface area contributed by atoms with Gasteiger partial charge < -0.3 is 15.7 Å². The van der Waals surface area contributed by atoms with Crippen molar-refractivity contribution in [2.75, 3.05) is 10.2 Å². The summed E-state index contributed by atoms with van der Waals surface area (Å²) in [6.07, 6.45) is 5.07. The number of allylic oxidation sites excluding steroid dienone is 2. The maximum Gasteiger partial charge on any atom is 0.319 e. The third-order valence-corrected chi connectivity index (χ3v) is 6.27. The summed E-state index contributed by atoms with van der Waals surface area (Å²) in [6.45, 7) is 0.265. The predicted octanol–water partition coefficient (Wildman–Crippen LogP) is 3.03. The Labute approximate surface area is 173 Å². The zero-order chi connectivity index (χ0) is 20.8. The highest BCUT2D eigenvalue weighted by Crippen LogP contribution is 2.53. The monoisotopic (exact) mass is 403 g/mol. The molecule has 1 saturated heterocycles. The van der Waals surface area contributed by atoms with Gasteiger partial charge in [0.1, 0.15) is 5.75 Å². The molecule has 1 heterocycles. The van der Waals surface area contributed by atoms with E-state index in [1.54, 1.807) is 42.5 Å². The summed E-state index contributed by atoms with van der Waals surface area (Å²) in [7, 11) is 0. The molecule has 2 bridgehead atoms. The average molecular weight is 403 g/mol. The molecule has 2 aromatic carbocycles. The van der Waals surface area contributed by atoms with Crippen LogP contribution in [-0.2, 0) is 16.1 Å². The highest BCUT2D eigenvalue weighted by atomic mass is 16.3. The van der Waals surface area contributed by atoms with Crippen molar-refractivity contribution in [3.63, 3.8) is 0 Å². The van der Waals surface area contributed by atoms with Gasteiger partial charge in [-0.05, 0) is 48.1 Å². The van der Waals surface area contributed by atoms with Crippen LogP contribution in [0.15, 0.2) is 60.7 Å². The van der Waals surface area contributed by atoms with Crippen molar-refractivity contribution in [3.8, 4) is 5.75 Å². The summed E-state index contributed by atoms with van der Waals surface area (Å²) in [5.74, 6) is -0.270. The fourth-order valence-electron chi connectivity index (χ4n) is 4.85. The van der Waals surface area contributed by atoms with E-state index >= 15 is 0 Å². The normalized spacial score (nSPS) is 26.2. The molecule has 0 radical (unpaired) electrons. The van der Waals surface area contributed by atoms with Crippen molar-refractivity contribution in [3.05, 3.63) is 66.2 Å². The molecular formula is C23H21N3O4. The van der Waals surface area contributed by atoms with Crippen LogP contribution in [0.2, 0.25) is 0 Å². The number of imide groups is 1. The number of nitrogens with zero attached hydrogens (tertiary/aromatic N) is 1. The van der Waals surface area contributed by atoms with Crippen molar-refractivity contribution < 1.29 is 19.5 Å². The van der Waals surface area contributed by atoms with Crippen molar-refractivity contribution in [1.29, 1.82) is 0 Å². The number of carbonyl (C=O) groups excluding carboxylic acids is 3. The first-order chi connectivity index (χ1) is 14.5. The molecule has 2 fully saturated rings. The number of amides is 4. The van der Waals surface area contributed by atoms with Crippen molar-refractivity contribution in [2.45, 2.75) is 13.0 Å². The van der Waals surface area contributed by atoms with Crippen molar-refractivity contribution >= 4 is 29.2 Å². The number of phenolic OH excluding ortho intramolecular Hbond substituents is 1. The molecular weight excluding hydrogens is 382 g/mol. The topological polar surface area (TPSA) is 98.7 Å². The fourth-order valence-corrected chi connectivity index (χ4v) is 4.85. The molecule has 5 rings (SSSR count). The van der Waals surface area contributed by atoms with Crippen LogP contribution in [0.5, 0.6) is 5.75 Å². The van der Waals surface area contributed by atoms with E-state index in [1.165, 1.54) is 11.0 Å². The third kappa shape index (κ3) is 2.94. The van der Waals surface area contributed by atoms with E-state index in [-0.39, 0.29) is 47.8 Å². The van der Waals surface area contributed by atoms with Crippen LogP contribution in [-0.4, -0.2) is 23.0 Å². The van der Waals surface area contributed by atoms with E-state index < -0.39 is 6.03 Å². The lowest BCUT2D eigenvalue weighted by Crippen LogP contribution is -2.32. The molecule has 4 atom stereocenters. The quantitative estimate of drug-likeness (QED) is 0.415. The second kappa shape index (κ2) is 7.02. The summed E-state index contributed by atoms with van der Waals surface area (Å²) in [5, 5.41) is 15.0. The van der Waals surface area contributed by atoms with E-state index in [0.717, 1.165) is 12.0 Å². The molecule has 3 aliphatic rings. The molecule has 1 aliphatic heterocycles.